The van der Waals surface area contributed by atoms with E-state index < -0.39 is 5.41 Å². The van der Waals surface area contributed by atoms with Gasteiger partial charge < -0.3 is 14.8 Å². The molecule has 0 spiro atoms. The number of fused-ring (bicyclic) bond motifs is 1. The summed E-state index contributed by atoms with van der Waals surface area (Å²) < 4.78 is 2.23. The van der Waals surface area contributed by atoms with E-state index in [1.165, 1.54) is 12.8 Å². The normalized spacial score (nSPS) is 21.8. The van der Waals surface area contributed by atoms with Crippen molar-refractivity contribution < 1.29 is 9.59 Å². The van der Waals surface area contributed by atoms with E-state index in [1.54, 1.807) is 0 Å². The van der Waals surface area contributed by atoms with E-state index in [9.17, 15) is 9.59 Å². The van der Waals surface area contributed by atoms with E-state index in [0.717, 1.165) is 37.3 Å². The highest BCUT2D eigenvalue weighted by Gasteiger charge is 2.39. The van der Waals surface area contributed by atoms with Gasteiger partial charge >= 0.3 is 0 Å². The predicted molar refractivity (Wildman–Crippen MR) is 107 cm³/mol. The second-order valence-electron chi connectivity index (χ2n) is 8.21. The van der Waals surface area contributed by atoms with Crippen LogP contribution in [-0.2, 0) is 24.3 Å². The first-order chi connectivity index (χ1) is 13.6. The number of amides is 2. The van der Waals surface area contributed by atoms with E-state index in [2.05, 4.69) is 14.9 Å². The van der Waals surface area contributed by atoms with Gasteiger partial charge in [-0.3, -0.25) is 9.59 Å². The van der Waals surface area contributed by atoms with Crippen LogP contribution in [0.5, 0.6) is 0 Å². The Bertz CT molecular complexity index is 861. The maximum Gasteiger partial charge on any atom is 0.253 e. The standard InChI is InChI=1S/C22H28N4O2/c1-22(11-7-12-25(16-22)20(27)17-8-3-2-4-9-17)21(28)24-15-18-14-23-19-10-5-6-13-26(18)19/h2-4,8-9,14H,5-7,10-13,15-16H2,1H3,(H,24,28). The molecule has 0 aliphatic carbocycles. The Morgan fingerprint density at radius 1 is 1.14 bits per heavy atom. The molecule has 148 valence electrons. The lowest BCUT2D eigenvalue weighted by Crippen LogP contribution is -2.51. The van der Waals surface area contributed by atoms with Gasteiger partial charge in [0.05, 0.1) is 23.9 Å². The summed E-state index contributed by atoms with van der Waals surface area (Å²) in [5, 5.41) is 3.11. The Hall–Kier alpha value is -2.63. The van der Waals surface area contributed by atoms with Crippen molar-refractivity contribution >= 4 is 11.8 Å². The van der Waals surface area contributed by atoms with Crippen LogP contribution < -0.4 is 5.32 Å². The molecule has 1 atom stereocenters. The molecule has 1 fully saturated rings. The van der Waals surface area contributed by atoms with Crippen molar-refractivity contribution in [2.45, 2.75) is 52.1 Å². The van der Waals surface area contributed by atoms with Crippen LogP contribution in [-0.4, -0.2) is 39.4 Å². The van der Waals surface area contributed by atoms with Crippen molar-refractivity contribution in [2.75, 3.05) is 13.1 Å². The maximum absolute atomic E-state index is 13.0. The molecule has 1 aromatic carbocycles. The zero-order chi connectivity index (χ0) is 19.6. The fourth-order valence-corrected chi connectivity index (χ4v) is 4.37. The lowest BCUT2D eigenvalue weighted by molar-refractivity contribution is -0.132. The molecular weight excluding hydrogens is 352 g/mol. The van der Waals surface area contributed by atoms with Crippen LogP contribution in [0.2, 0.25) is 0 Å². The molecule has 2 aliphatic heterocycles. The molecule has 0 saturated carbocycles. The first kappa shape index (κ1) is 18.7. The van der Waals surface area contributed by atoms with Crippen LogP contribution in [0.25, 0.3) is 0 Å². The smallest absolute Gasteiger partial charge is 0.253 e. The molecule has 6 nitrogen and oxygen atoms in total. The Kier molecular flexibility index (Phi) is 5.20. The van der Waals surface area contributed by atoms with Gasteiger partial charge in [-0.2, -0.15) is 0 Å². The second kappa shape index (κ2) is 7.78. The van der Waals surface area contributed by atoms with Crippen molar-refractivity contribution in [3.8, 4) is 0 Å². The lowest BCUT2D eigenvalue weighted by atomic mass is 9.80. The molecular formula is C22H28N4O2. The number of carbonyl (C=O) groups excluding carboxylic acids is 2. The van der Waals surface area contributed by atoms with E-state index in [-0.39, 0.29) is 11.8 Å². The van der Waals surface area contributed by atoms with Gasteiger partial charge in [-0.25, -0.2) is 4.98 Å². The number of benzene rings is 1. The summed E-state index contributed by atoms with van der Waals surface area (Å²) in [7, 11) is 0. The Morgan fingerprint density at radius 3 is 2.79 bits per heavy atom. The number of rotatable bonds is 4. The third-order valence-corrected chi connectivity index (χ3v) is 6.04. The highest BCUT2D eigenvalue weighted by atomic mass is 16.2. The first-order valence-electron chi connectivity index (χ1n) is 10.2. The number of aryl methyl sites for hydroxylation is 1. The highest BCUT2D eigenvalue weighted by Crippen LogP contribution is 2.30. The second-order valence-corrected chi connectivity index (χ2v) is 8.21. The predicted octanol–water partition coefficient (Wildman–Crippen LogP) is 2.78. The molecule has 2 aromatic rings. The molecule has 1 unspecified atom stereocenters. The van der Waals surface area contributed by atoms with Crippen molar-refractivity contribution in [3.63, 3.8) is 0 Å². The number of likely N-dealkylation sites (tertiary alicyclic amines) is 1. The zero-order valence-corrected chi connectivity index (χ0v) is 16.5. The van der Waals surface area contributed by atoms with Gasteiger partial charge in [0.2, 0.25) is 5.91 Å². The highest BCUT2D eigenvalue weighted by molar-refractivity contribution is 5.95. The summed E-state index contributed by atoms with van der Waals surface area (Å²) in [5.74, 6) is 1.15. The summed E-state index contributed by atoms with van der Waals surface area (Å²) in [5.41, 5.74) is 1.19. The maximum atomic E-state index is 13.0. The molecule has 4 rings (SSSR count). The summed E-state index contributed by atoms with van der Waals surface area (Å²) >= 11 is 0. The molecule has 2 amide bonds. The number of nitrogens with one attached hydrogen (secondary N) is 1. The van der Waals surface area contributed by atoms with E-state index in [0.29, 0.717) is 25.2 Å². The minimum atomic E-state index is -0.562. The fraction of sp³-hybridized carbons (Fsp3) is 0.500. The molecule has 0 radical (unpaired) electrons. The minimum Gasteiger partial charge on any atom is -0.350 e. The van der Waals surface area contributed by atoms with Gasteiger partial charge in [-0.1, -0.05) is 18.2 Å². The molecule has 6 heteroatoms. The number of aromatic nitrogens is 2. The van der Waals surface area contributed by atoms with E-state index in [1.807, 2.05) is 48.4 Å². The average molecular weight is 380 g/mol. The Labute approximate surface area is 165 Å². The van der Waals surface area contributed by atoms with Crippen LogP contribution in [0.15, 0.2) is 36.5 Å². The number of piperidine rings is 1. The number of hydrogen-bond acceptors (Lipinski definition) is 3. The number of imidazole rings is 1. The van der Waals surface area contributed by atoms with E-state index >= 15 is 0 Å². The van der Waals surface area contributed by atoms with Gasteiger partial charge in [0.25, 0.3) is 5.91 Å². The quantitative estimate of drug-likeness (QED) is 0.887. The number of carbonyl (C=O) groups is 2. The molecule has 1 saturated heterocycles. The van der Waals surface area contributed by atoms with Gasteiger partial charge in [-0.15, -0.1) is 0 Å². The van der Waals surface area contributed by atoms with Crippen molar-refractivity contribution in [3.05, 3.63) is 53.6 Å². The zero-order valence-electron chi connectivity index (χ0n) is 16.5. The average Bonchev–Trinajstić information content (AvgIpc) is 3.15. The monoisotopic (exact) mass is 380 g/mol. The van der Waals surface area contributed by atoms with Crippen LogP contribution in [0.3, 0.4) is 0 Å². The van der Waals surface area contributed by atoms with Gasteiger partial charge in [0, 0.05) is 31.6 Å². The van der Waals surface area contributed by atoms with Crippen LogP contribution in [0.1, 0.15) is 54.5 Å². The molecule has 28 heavy (non-hydrogen) atoms. The third-order valence-electron chi connectivity index (χ3n) is 6.04. The van der Waals surface area contributed by atoms with Gasteiger partial charge in [-0.05, 0) is 44.7 Å². The molecule has 0 bridgehead atoms. The number of nitrogens with zero attached hydrogens (tertiary/aromatic N) is 3. The lowest BCUT2D eigenvalue weighted by Gasteiger charge is -2.39. The SMILES string of the molecule is CC1(C(=O)NCc2cnc3n2CCCC3)CCCN(C(=O)c2ccccc2)C1. The van der Waals surface area contributed by atoms with Crippen LogP contribution in [0.4, 0.5) is 0 Å². The molecule has 2 aliphatic rings. The largest absolute Gasteiger partial charge is 0.350 e. The topological polar surface area (TPSA) is 67.2 Å². The summed E-state index contributed by atoms with van der Waals surface area (Å²) in [6.07, 6.45) is 6.88. The number of hydrogen-bond donors (Lipinski definition) is 1. The van der Waals surface area contributed by atoms with Crippen molar-refractivity contribution in [1.29, 1.82) is 0 Å². The van der Waals surface area contributed by atoms with Crippen LogP contribution >= 0.6 is 0 Å². The van der Waals surface area contributed by atoms with Gasteiger partial charge in [0.15, 0.2) is 0 Å². The fourth-order valence-electron chi connectivity index (χ4n) is 4.37. The van der Waals surface area contributed by atoms with Crippen molar-refractivity contribution in [2.24, 2.45) is 5.41 Å². The van der Waals surface area contributed by atoms with E-state index in [4.69, 9.17) is 0 Å². The van der Waals surface area contributed by atoms with Crippen molar-refractivity contribution in [1.82, 2.24) is 19.8 Å². The molecule has 3 heterocycles. The first-order valence-corrected chi connectivity index (χ1v) is 10.2. The summed E-state index contributed by atoms with van der Waals surface area (Å²) in [4.78, 5) is 32.1. The molecule has 1 N–H and O–H groups in total. The summed E-state index contributed by atoms with van der Waals surface area (Å²) in [6, 6.07) is 9.30. The Morgan fingerprint density at radius 2 is 1.96 bits per heavy atom. The van der Waals surface area contributed by atoms with Gasteiger partial charge in [0.1, 0.15) is 5.82 Å². The summed E-state index contributed by atoms with van der Waals surface area (Å²) in [6.45, 7) is 4.60. The minimum absolute atomic E-state index is 0.00387. The third kappa shape index (κ3) is 3.68. The molecule has 1 aromatic heterocycles. The Balaban J connectivity index is 1.40. The van der Waals surface area contributed by atoms with Crippen LogP contribution in [0, 0.1) is 5.41 Å².